The zero-order chi connectivity index (χ0) is 17.4. The monoisotopic (exact) mass is 344 g/mol. The van der Waals surface area contributed by atoms with Crippen LogP contribution in [0.4, 0.5) is 4.39 Å². The third kappa shape index (κ3) is 3.14. The predicted octanol–water partition coefficient (Wildman–Crippen LogP) is 2.92. The number of rotatable bonds is 4. The van der Waals surface area contributed by atoms with Crippen molar-refractivity contribution >= 4 is 5.91 Å². The summed E-state index contributed by atoms with van der Waals surface area (Å²) in [5, 5.41) is 3.08. The Balaban J connectivity index is 1.48. The lowest BCUT2D eigenvalue weighted by Crippen LogP contribution is -2.57. The molecule has 1 unspecified atom stereocenters. The summed E-state index contributed by atoms with van der Waals surface area (Å²) in [7, 11) is 1.48. The number of nitrogens with zero attached hydrogens (tertiary/aromatic N) is 1. The number of furan rings is 1. The van der Waals surface area contributed by atoms with Gasteiger partial charge >= 0.3 is 0 Å². The van der Waals surface area contributed by atoms with Crippen molar-refractivity contribution in [3.05, 3.63) is 41.9 Å². The topological polar surface area (TPSA) is 54.7 Å². The standard InChI is InChI=1S/C19H21FN2O3/c1-24-13-2-3-14(15(20)10-13)17-4-5-18(25-17)19(23)21-16-11-22-8-6-12(16)7-9-22/h2-5,10,12,16H,6-9,11H2,1H3,(H,21,23). The molecule has 0 saturated carbocycles. The van der Waals surface area contributed by atoms with Crippen LogP contribution in [0.5, 0.6) is 5.75 Å². The number of hydrogen-bond acceptors (Lipinski definition) is 4. The Morgan fingerprint density at radius 3 is 2.72 bits per heavy atom. The normalized spacial score (nSPS) is 25.0. The number of hydrogen-bond donors (Lipinski definition) is 1. The van der Waals surface area contributed by atoms with Crippen LogP contribution < -0.4 is 10.1 Å². The summed E-state index contributed by atoms with van der Waals surface area (Å²) < 4.78 is 24.8. The minimum Gasteiger partial charge on any atom is -0.497 e. The molecule has 1 aromatic heterocycles. The number of benzene rings is 1. The lowest BCUT2D eigenvalue weighted by molar-refractivity contribution is 0.0606. The molecule has 3 saturated heterocycles. The van der Waals surface area contributed by atoms with Crippen LogP contribution in [0.25, 0.3) is 11.3 Å². The van der Waals surface area contributed by atoms with Gasteiger partial charge in [0.05, 0.1) is 12.7 Å². The number of ether oxygens (including phenoxy) is 1. The van der Waals surface area contributed by atoms with Gasteiger partial charge in [0, 0.05) is 18.7 Å². The van der Waals surface area contributed by atoms with Crippen molar-refractivity contribution in [1.29, 1.82) is 0 Å². The Labute approximate surface area is 145 Å². The first-order chi connectivity index (χ1) is 12.1. The minimum absolute atomic E-state index is 0.168. The quantitative estimate of drug-likeness (QED) is 0.927. The van der Waals surface area contributed by atoms with Crippen molar-refractivity contribution < 1.29 is 18.3 Å². The van der Waals surface area contributed by atoms with E-state index in [0.717, 1.165) is 32.5 Å². The maximum Gasteiger partial charge on any atom is 0.287 e. The van der Waals surface area contributed by atoms with Crippen molar-refractivity contribution in [1.82, 2.24) is 10.2 Å². The first kappa shape index (κ1) is 16.1. The lowest BCUT2D eigenvalue weighted by atomic mass is 9.84. The summed E-state index contributed by atoms with van der Waals surface area (Å²) in [6, 6.07) is 7.92. The molecule has 0 aliphatic carbocycles. The fourth-order valence-electron chi connectivity index (χ4n) is 3.80. The maximum absolute atomic E-state index is 14.2. The number of nitrogens with one attached hydrogen (secondary N) is 1. The molecule has 2 aromatic rings. The van der Waals surface area contributed by atoms with Gasteiger partial charge in [-0.05, 0) is 56.1 Å². The summed E-state index contributed by atoms with van der Waals surface area (Å²) in [6.07, 6.45) is 2.26. The van der Waals surface area contributed by atoms with E-state index in [2.05, 4.69) is 10.2 Å². The summed E-state index contributed by atoms with van der Waals surface area (Å²) in [6.45, 7) is 3.15. The molecule has 5 nitrogen and oxygen atoms in total. The van der Waals surface area contributed by atoms with Crippen LogP contribution >= 0.6 is 0 Å². The second-order valence-electron chi connectivity index (χ2n) is 6.73. The van der Waals surface area contributed by atoms with E-state index >= 15 is 0 Å². The molecule has 5 rings (SSSR count). The molecule has 2 bridgehead atoms. The molecule has 1 aromatic carbocycles. The lowest BCUT2D eigenvalue weighted by Gasteiger charge is -2.44. The Hall–Kier alpha value is -2.34. The van der Waals surface area contributed by atoms with Crippen LogP contribution in [0.15, 0.2) is 34.7 Å². The van der Waals surface area contributed by atoms with Gasteiger partial charge in [0.15, 0.2) is 5.76 Å². The van der Waals surface area contributed by atoms with Crippen LogP contribution in [-0.2, 0) is 0 Å². The van der Waals surface area contributed by atoms with Gasteiger partial charge in [0.1, 0.15) is 17.3 Å². The van der Waals surface area contributed by atoms with Gasteiger partial charge in [-0.15, -0.1) is 0 Å². The number of methoxy groups -OCH3 is 1. The molecule has 25 heavy (non-hydrogen) atoms. The summed E-state index contributed by atoms with van der Waals surface area (Å²) in [5.74, 6) is 0.841. The van der Waals surface area contributed by atoms with Gasteiger partial charge in [0.25, 0.3) is 5.91 Å². The molecule has 1 atom stereocenters. The van der Waals surface area contributed by atoms with Crippen LogP contribution in [0, 0.1) is 11.7 Å². The van der Waals surface area contributed by atoms with Gasteiger partial charge in [-0.2, -0.15) is 0 Å². The molecule has 1 N–H and O–H groups in total. The number of amides is 1. The van der Waals surface area contributed by atoms with Crippen LogP contribution in [0.2, 0.25) is 0 Å². The maximum atomic E-state index is 14.2. The third-order valence-corrected chi connectivity index (χ3v) is 5.24. The Morgan fingerprint density at radius 1 is 1.28 bits per heavy atom. The second kappa shape index (κ2) is 6.52. The molecule has 4 heterocycles. The number of halogens is 1. The summed E-state index contributed by atoms with van der Waals surface area (Å²) >= 11 is 0. The fraction of sp³-hybridized carbons (Fsp3) is 0.421. The fourth-order valence-corrected chi connectivity index (χ4v) is 3.80. The average Bonchev–Trinajstić information content (AvgIpc) is 3.12. The number of carbonyl (C=O) groups is 1. The van der Waals surface area contributed by atoms with Crippen LogP contribution in [0.3, 0.4) is 0 Å². The van der Waals surface area contributed by atoms with E-state index in [1.54, 1.807) is 24.3 Å². The van der Waals surface area contributed by atoms with Crippen LogP contribution in [-0.4, -0.2) is 43.6 Å². The van der Waals surface area contributed by atoms with E-state index in [9.17, 15) is 9.18 Å². The zero-order valence-electron chi connectivity index (χ0n) is 14.1. The van der Waals surface area contributed by atoms with E-state index in [1.807, 2.05) is 0 Å². The van der Waals surface area contributed by atoms with Crippen molar-refractivity contribution in [3.63, 3.8) is 0 Å². The summed E-state index contributed by atoms with van der Waals surface area (Å²) in [4.78, 5) is 14.9. The minimum atomic E-state index is -0.446. The molecule has 6 heteroatoms. The third-order valence-electron chi connectivity index (χ3n) is 5.24. The first-order valence-electron chi connectivity index (χ1n) is 8.61. The molecule has 3 aliphatic rings. The molecule has 132 valence electrons. The number of carbonyl (C=O) groups excluding carboxylic acids is 1. The molecule has 0 radical (unpaired) electrons. The Kier molecular flexibility index (Phi) is 4.21. The highest BCUT2D eigenvalue weighted by Crippen LogP contribution is 2.29. The first-order valence-corrected chi connectivity index (χ1v) is 8.61. The van der Waals surface area contributed by atoms with E-state index in [0.29, 0.717) is 23.0 Å². The van der Waals surface area contributed by atoms with Gasteiger partial charge in [0.2, 0.25) is 0 Å². The van der Waals surface area contributed by atoms with E-state index in [-0.39, 0.29) is 17.7 Å². The summed E-state index contributed by atoms with van der Waals surface area (Å²) in [5.41, 5.74) is 0.308. The largest absolute Gasteiger partial charge is 0.497 e. The second-order valence-corrected chi connectivity index (χ2v) is 6.73. The predicted molar refractivity (Wildman–Crippen MR) is 91.1 cm³/mol. The highest BCUT2D eigenvalue weighted by Gasteiger charge is 2.35. The van der Waals surface area contributed by atoms with E-state index < -0.39 is 5.82 Å². The van der Waals surface area contributed by atoms with Gasteiger partial charge in [-0.3, -0.25) is 4.79 Å². The molecule has 3 aliphatic heterocycles. The van der Waals surface area contributed by atoms with E-state index in [1.165, 1.54) is 13.2 Å². The molecule has 3 fully saturated rings. The zero-order valence-corrected chi connectivity index (χ0v) is 14.1. The molecule has 0 spiro atoms. The SMILES string of the molecule is COc1ccc(-c2ccc(C(=O)NC3CN4CCC3CC4)o2)c(F)c1. The highest BCUT2D eigenvalue weighted by molar-refractivity contribution is 5.92. The average molecular weight is 344 g/mol. The van der Waals surface area contributed by atoms with Crippen molar-refractivity contribution in [2.75, 3.05) is 26.7 Å². The highest BCUT2D eigenvalue weighted by atomic mass is 19.1. The van der Waals surface area contributed by atoms with Crippen molar-refractivity contribution in [3.8, 4) is 17.1 Å². The smallest absolute Gasteiger partial charge is 0.287 e. The van der Waals surface area contributed by atoms with Gasteiger partial charge < -0.3 is 19.4 Å². The van der Waals surface area contributed by atoms with E-state index in [4.69, 9.17) is 9.15 Å². The van der Waals surface area contributed by atoms with Crippen molar-refractivity contribution in [2.24, 2.45) is 5.92 Å². The Bertz CT molecular complexity index is 781. The van der Waals surface area contributed by atoms with Crippen LogP contribution in [0.1, 0.15) is 23.4 Å². The van der Waals surface area contributed by atoms with Crippen molar-refractivity contribution in [2.45, 2.75) is 18.9 Å². The molecule has 1 amide bonds. The Morgan fingerprint density at radius 2 is 2.08 bits per heavy atom. The van der Waals surface area contributed by atoms with Gasteiger partial charge in [-0.25, -0.2) is 4.39 Å². The molecular weight excluding hydrogens is 323 g/mol. The van der Waals surface area contributed by atoms with Gasteiger partial charge in [-0.1, -0.05) is 0 Å². The number of piperidine rings is 3. The number of fused-ring (bicyclic) bond motifs is 3. The molecular formula is C19H21FN2O3.